The zero-order valence-electron chi connectivity index (χ0n) is 15.3. The number of amides is 1. The van der Waals surface area contributed by atoms with Gasteiger partial charge in [-0.3, -0.25) is 10.0 Å². The molecule has 0 aromatic carbocycles. The molecule has 0 saturated carbocycles. The molecule has 27 heavy (non-hydrogen) atoms. The van der Waals surface area contributed by atoms with E-state index in [0.29, 0.717) is 22.1 Å². The van der Waals surface area contributed by atoms with Crippen molar-refractivity contribution in [2.24, 2.45) is 5.92 Å². The molecule has 0 atom stereocenters. The van der Waals surface area contributed by atoms with Crippen LogP contribution in [0.1, 0.15) is 20.3 Å². The number of rotatable bonds is 9. The van der Waals surface area contributed by atoms with Gasteiger partial charge in [0, 0.05) is 22.6 Å². The first-order valence-corrected chi connectivity index (χ1v) is 8.99. The summed E-state index contributed by atoms with van der Waals surface area (Å²) in [5.74, 6) is -0.356. The molecule has 146 valence electrons. The SMILES string of the molecule is C=C/C(Cl)=C(CC1=CC(C(C)C)=C(O)C=C=C1)\C(Cl)=C/COCC(=O)NO. The number of hydrogen-bond acceptors (Lipinski definition) is 4. The summed E-state index contributed by atoms with van der Waals surface area (Å²) in [6.45, 7) is 7.40. The van der Waals surface area contributed by atoms with Crippen molar-refractivity contribution in [3.63, 3.8) is 0 Å². The van der Waals surface area contributed by atoms with Crippen LogP contribution < -0.4 is 5.48 Å². The number of aliphatic hydroxyl groups excluding tert-OH is 1. The highest BCUT2D eigenvalue weighted by Crippen LogP contribution is 2.31. The zero-order chi connectivity index (χ0) is 20.4. The maximum absolute atomic E-state index is 10.9. The van der Waals surface area contributed by atoms with Gasteiger partial charge in [-0.25, -0.2) is 5.48 Å². The number of allylic oxidation sites excluding steroid dienone is 8. The molecular formula is C20H23Cl2NO4. The van der Waals surface area contributed by atoms with Gasteiger partial charge >= 0.3 is 0 Å². The maximum atomic E-state index is 10.9. The monoisotopic (exact) mass is 411 g/mol. The van der Waals surface area contributed by atoms with E-state index in [-0.39, 0.29) is 24.9 Å². The number of hydrogen-bond donors (Lipinski definition) is 3. The third kappa shape index (κ3) is 7.63. The van der Waals surface area contributed by atoms with Gasteiger partial charge in [-0.2, -0.15) is 0 Å². The van der Waals surface area contributed by atoms with Crippen LogP contribution in [0.25, 0.3) is 0 Å². The van der Waals surface area contributed by atoms with Crippen LogP contribution in [0.5, 0.6) is 0 Å². The van der Waals surface area contributed by atoms with E-state index in [9.17, 15) is 9.90 Å². The van der Waals surface area contributed by atoms with Crippen molar-refractivity contribution < 1.29 is 19.8 Å². The normalized spacial score (nSPS) is 15.5. The number of ether oxygens (including phenoxy) is 1. The molecule has 1 rings (SSSR count). The molecule has 0 aromatic heterocycles. The van der Waals surface area contributed by atoms with E-state index < -0.39 is 5.91 Å². The molecule has 3 N–H and O–H groups in total. The molecule has 1 amide bonds. The molecule has 7 heteroatoms. The standard InChI is InChI=1S/C20H23Cl2NO4/c1-4-17(21)16(18(22)8-9-27-12-20(25)23-26)11-14-6-5-7-19(24)15(10-14)13(2)3/h4,6-8,10,13,24,26H,1,9,11-12H2,2-3H3,(H,23,25)/b17-16+,18-8+. The lowest BCUT2D eigenvalue weighted by Gasteiger charge is -2.12. The number of nitrogens with one attached hydrogen (secondary N) is 1. The minimum Gasteiger partial charge on any atom is -0.507 e. The first kappa shape index (κ1) is 23.0. The largest absolute Gasteiger partial charge is 0.507 e. The van der Waals surface area contributed by atoms with Crippen LogP contribution in [0.3, 0.4) is 0 Å². The smallest absolute Gasteiger partial charge is 0.269 e. The molecular weight excluding hydrogens is 389 g/mol. The van der Waals surface area contributed by atoms with E-state index in [1.54, 1.807) is 12.2 Å². The summed E-state index contributed by atoms with van der Waals surface area (Å²) in [4.78, 5) is 10.9. The molecule has 0 unspecified atom stereocenters. The third-order valence-corrected chi connectivity index (χ3v) is 4.39. The highest BCUT2D eigenvalue weighted by molar-refractivity contribution is 6.36. The average Bonchev–Trinajstić information content (AvgIpc) is 2.83. The Hall–Kier alpha value is -2.01. The molecule has 0 spiro atoms. The second-order valence-corrected chi connectivity index (χ2v) is 6.79. The Kier molecular flexibility index (Phi) is 9.94. The second kappa shape index (κ2) is 11.7. The fourth-order valence-corrected chi connectivity index (χ4v) is 2.69. The molecule has 5 nitrogen and oxygen atoms in total. The van der Waals surface area contributed by atoms with Crippen molar-refractivity contribution in [2.75, 3.05) is 13.2 Å². The maximum Gasteiger partial charge on any atom is 0.269 e. The third-order valence-electron chi connectivity index (χ3n) is 3.62. The topological polar surface area (TPSA) is 78.8 Å². The summed E-state index contributed by atoms with van der Waals surface area (Å²) in [5, 5.41) is 19.2. The van der Waals surface area contributed by atoms with Gasteiger partial charge in [0.1, 0.15) is 12.4 Å². The van der Waals surface area contributed by atoms with E-state index in [0.717, 1.165) is 11.1 Å². The lowest BCUT2D eigenvalue weighted by atomic mass is 9.96. The van der Waals surface area contributed by atoms with Gasteiger partial charge in [-0.1, -0.05) is 55.8 Å². The van der Waals surface area contributed by atoms with Crippen LogP contribution in [0, 0.1) is 5.92 Å². The number of hydroxylamine groups is 1. The summed E-state index contributed by atoms with van der Waals surface area (Å²) in [7, 11) is 0. The summed E-state index contributed by atoms with van der Waals surface area (Å²) in [6.07, 6.45) is 8.61. The van der Waals surface area contributed by atoms with Gasteiger partial charge < -0.3 is 9.84 Å². The lowest BCUT2D eigenvalue weighted by molar-refractivity contribution is -0.133. The van der Waals surface area contributed by atoms with E-state index in [1.807, 2.05) is 19.9 Å². The summed E-state index contributed by atoms with van der Waals surface area (Å²) in [5.41, 5.74) is 6.68. The molecule has 1 aliphatic carbocycles. The van der Waals surface area contributed by atoms with Crippen LogP contribution in [0.4, 0.5) is 0 Å². The first-order valence-electron chi connectivity index (χ1n) is 8.24. The minimum absolute atomic E-state index is 0.0593. The van der Waals surface area contributed by atoms with E-state index in [1.165, 1.54) is 17.6 Å². The van der Waals surface area contributed by atoms with E-state index in [4.69, 9.17) is 33.1 Å². The van der Waals surface area contributed by atoms with E-state index >= 15 is 0 Å². The molecule has 0 saturated heterocycles. The number of aliphatic hydroxyl groups is 1. The van der Waals surface area contributed by atoms with Gasteiger partial charge in [-0.15, -0.1) is 5.73 Å². The highest BCUT2D eigenvalue weighted by Gasteiger charge is 2.13. The van der Waals surface area contributed by atoms with Gasteiger partial charge in [0.25, 0.3) is 5.91 Å². The van der Waals surface area contributed by atoms with Crippen molar-refractivity contribution in [3.05, 3.63) is 75.2 Å². The average molecular weight is 412 g/mol. The molecule has 0 heterocycles. The van der Waals surface area contributed by atoms with Crippen molar-refractivity contribution in [2.45, 2.75) is 20.3 Å². The Morgan fingerprint density at radius 2 is 2.11 bits per heavy atom. The molecule has 0 fully saturated rings. The Bertz CT molecular complexity index is 767. The summed E-state index contributed by atoms with van der Waals surface area (Å²) >= 11 is 12.6. The predicted octanol–water partition coefficient (Wildman–Crippen LogP) is 4.82. The van der Waals surface area contributed by atoms with Crippen LogP contribution in [-0.4, -0.2) is 29.4 Å². The van der Waals surface area contributed by atoms with Gasteiger partial charge in [0.15, 0.2) is 0 Å². The summed E-state index contributed by atoms with van der Waals surface area (Å²) < 4.78 is 5.09. The zero-order valence-corrected chi connectivity index (χ0v) is 16.8. The Labute approximate surface area is 169 Å². The number of carbonyl (C=O) groups is 1. The van der Waals surface area contributed by atoms with Crippen molar-refractivity contribution in [3.8, 4) is 0 Å². The Morgan fingerprint density at radius 1 is 1.41 bits per heavy atom. The van der Waals surface area contributed by atoms with Crippen molar-refractivity contribution in [1.82, 2.24) is 5.48 Å². The van der Waals surface area contributed by atoms with Crippen LogP contribution in [0.2, 0.25) is 0 Å². The van der Waals surface area contributed by atoms with Crippen LogP contribution in [-0.2, 0) is 9.53 Å². The van der Waals surface area contributed by atoms with Crippen molar-refractivity contribution >= 4 is 29.1 Å². The molecule has 0 radical (unpaired) electrons. The summed E-state index contributed by atoms with van der Waals surface area (Å²) in [6, 6.07) is 0. The number of carbonyl (C=O) groups excluding carboxylic acids is 1. The van der Waals surface area contributed by atoms with Gasteiger partial charge in [0.05, 0.1) is 6.61 Å². The fourth-order valence-electron chi connectivity index (χ4n) is 2.24. The highest BCUT2D eigenvalue weighted by atomic mass is 35.5. The molecule has 0 bridgehead atoms. The van der Waals surface area contributed by atoms with Crippen LogP contribution >= 0.6 is 23.2 Å². The Morgan fingerprint density at radius 3 is 2.70 bits per heavy atom. The van der Waals surface area contributed by atoms with Gasteiger partial charge in [0.2, 0.25) is 0 Å². The molecule has 1 aliphatic rings. The fraction of sp³-hybridized carbons (Fsp3) is 0.300. The quantitative estimate of drug-likeness (QED) is 0.167. The van der Waals surface area contributed by atoms with Crippen LogP contribution in [0.15, 0.2) is 75.2 Å². The van der Waals surface area contributed by atoms with Crippen molar-refractivity contribution in [1.29, 1.82) is 0 Å². The first-order chi connectivity index (χ1) is 12.8. The second-order valence-electron chi connectivity index (χ2n) is 5.98. The molecule has 0 aromatic rings. The lowest BCUT2D eigenvalue weighted by Crippen LogP contribution is -2.23. The molecule has 0 aliphatic heterocycles. The number of halogens is 2. The predicted molar refractivity (Wildman–Crippen MR) is 108 cm³/mol. The Balaban J connectivity index is 3.03. The van der Waals surface area contributed by atoms with E-state index in [2.05, 4.69) is 12.3 Å². The minimum atomic E-state index is -0.659. The van der Waals surface area contributed by atoms with Gasteiger partial charge in [-0.05, 0) is 34.8 Å².